The number of hydrogen-bond acceptors (Lipinski definition) is 4. The predicted molar refractivity (Wildman–Crippen MR) is 138 cm³/mol. The van der Waals surface area contributed by atoms with Gasteiger partial charge in [0.25, 0.3) is 5.91 Å². The standard InChI is InChI=1S/C27H30FN3O3S/c1-20-8-13-24(18-21(20)2)31(35(3,33)34)19-22-9-11-23(12-10-22)27(32)30-16-14-29(15-17-30)26-7-5-4-6-25(26)28/h4-13,18H,14-17,19H2,1-3H3. The van der Waals surface area contributed by atoms with Crippen molar-refractivity contribution >= 4 is 27.3 Å². The highest BCUT2D eigenvalue weighted by atomic mass is 32.2. The van der Waals surface area contributed by atoms with Gasteiger partial charge in [-0.2, -0.15) is 0 Å². The quantitative estimate of drug-likeness (QED) is 0.510. The molecule has 184 valence electrons. The second kappa shape index (κ2) is 10.1. The van der Waals surface area contributed by atoms with Crippen molar-refractivity contribution in [3.05, 3.63) is 94.8 Å². The van der Waals surface area contributed by atoms with Gasteiger partial charge in [-0.25, -0.2) is 12.8 Å². The molecule has 1 saturated heterocycles. The van der Waals surface area contributed by atoms with Crippen molar-refractivity contribution in [3.8, 4) is 0 Å². The van der Waals surface area contributed by atoms with E-state index in [-0.39, 0.29) is 18.3 Å². The Morgan fingerprint density at radius 1 is 0.914 bits per heavy atom. The summed E-state index contributed by atoms with van der Waals surface area (Å²) in [5.74, 6) is -0.342. The molecule has 1 amide bonds. The summed E-state index contributed by atoms with van der Waals surface area (Å²) in [6, 6.07) is 19.3. The number of piperazine rings is 1. The van der Waals surface area contributed by atoms with Gasteiger partial charge in [-0.1, -0.05) is 30.3 Å². The fraction of sp³-hybridized carbons (Fsp3) is 0.296. The summed E-state index contributed by atoms with van der Waals surface area (Å²) in [5.41, 5.74) is 4.62. The summed E-state index contributed by atoms with van der Waals surface area (Å²) in [6.45, 7) is 6.24. The Bertz CT molecular complexity index is 1320. The van der Waals surface area contributed by atoms with Crippen LogP contribution in [0.3, 0.4) is 0 Å². The number of aryl methyl sites for hydroxylation is 2. The molecule has 0 aromatic heterocycles. The third-order valence-electron chi connectivity index (χ3n) is 6.47. The topological polar surface area (TPSA) is 60.9 Å². The van der Waals surface area contributed by atoms with Crippen LogP contribution in [0.25, 0.3) is 0 Å². The number of para-hydroxylation sites is 1. The molecule has 0 aliphatic carbocycles. The smallest absolute Gasteiger partial charge is 0.253 e. The first-order chi connectivity index (χ1) is 16.6. The fourth-order valence-corrected chi connectivity index (χ4v) is 5.12. The van der Waals surface area contributed by atoms with Crippen molar-refractivity contribution in [3.63, 3.8) is 0 Å². The number of benzene rings is 3. The second-order valence-electron chi connectivity index (χ2n) is 8.97. The molecular weight excluding hydrogens is 465 g/mol. The zero-order chi connectivity index (χ0) is 25.2. The first-order valence-corrected chi connectivity index (χ1v) is 13.4. The van der Waals surface area contributed by atoms with E-state index < -0.39 is 10.0 Å². The molecule has 1 fully saturated rings. The molecule has 0 bridgehead atoms. The van der Waals surface area contributed by atoms with Crippen molar-refractivity contribution in [2.75, 3.05) is 41.6 Å². The van der Waals surface area contributed by atoms with Crippen LogP contribution in [-0.2, 0) is 16.6 Å². The normalized spacial score (nSPS) is 14.2. The van der Waals surface area contributed by atoms with Gasteiger partial charge in [0, 0.05) is 31.7 Å². The first kappa shape index (κ1) is 24.7. The minimum Gasteiger partial charge on any atom is -0.366 e. The van der Waals surface area contributed by atoms with E-state index in [0.717, 1.165) is 16.7 Å². The summed E-state index contributed by atoms with van der Waals surface area (Å²) in [7, 11) is -3.49. The number of amides is 1. The van der Waals surface area contributed by atoms with Gasteiger partial charge in [-0.15, -0.1) is 0 Å². The lowest BCUT2D eigenvalue weighted by molar-refractivity contribution is 0.0746. The van der Waals surface area contributed by atoms with E-state index in [4.69, 9.17) is 0 Å². The minimum atomic E-state index is -3.49. The average Bonchev–Trinajstić information content (AvgIpc) is 2.84. The third-order valence-corrected chi connectivity index (χ3v) is 7.61. The van der Waals surface area contributed by atoms with Gasteiger partial charge in [-0.05, 0) is 66.9 Å². The maximum Gasteiger partial charge on any atom is 0.253 e. The molecule has 8 heteroatoms. The molecule has 0 unspecified atom stereocenters. The zero-order valence-corrected chi connectivity index (χ0v) is 21.1. The Hall–Kier alpha value is -3.39. The number of halogens is 1. The Morgan fingerprint density at radius 3 is 2.17 bits per heavy atom. The summed E-state index contributed by atoms with van der Waals surface area (Å²) in [4.78, 5) is 16.7. The lowest BCUT2D eigenvalue weighted by atomic mass is 10.1. The van der Waals surface area contributed by atoms with Crippen LogP contribution in [0.4, 0.5) is 15.8 Å². The Morgan fingerprint density at radius 2 is 1.57 bits per heavy atom. The maximum atomic E-state index is 14.1. The largest absolute Gasteiger partial charge is 0.366 e. The van der Waals surface area contributed by atoms with Crippen LogP contribution in [0.2, 0.25) is 0 Å². The predicted octanol–water partition coefficient (Wildman–Crippen LogP) is 4.37. The van der Waals surface area contributed by atoms with Crippen LogP contribution in [-0.4, -0.2) is 51.7 Å². The molecule has 0 spiro atoms. The van der Waals surface area contributed by atoms with Gasteiger partial charge >= 0.3 is 0 Å². The highest BCUT2D eigenvalue weighted by molar-refractivity contribution is 7.92. The molecule has 3 aromatic rings. The van der Waals surface area contributed by atoms with E-state index in [9.17, 15) is 17.6 Å². The Labute approximate surface area is 206 Å². The van der Waals surface area contributed by atoms with Crippen LogP contribution < -0.4 is 9.21 Å². The van der Waals surface area contributed by atoms with Crippen molar-refractivity contribution in [2.24, 2.45) is 0 Å². The summed E-state index contributed by atoms with van der Waals surface area (Å²) >= 11 is 0. The number of anilines is 2. The van der Waals surface area contributed by atoms with Crippen LogP contribution in [0, 0.1) is 19.7 Å². The molecule has 0 atom stereocenters. The molecule has 1 aliphatic heterocycles. The number of carbonyl (C=O) groups excluding carboxylic acids is 1. The van der Waals surface area contributed by atoms with Gasteiger partial charge in [0.2, 0.25) is 10.0 Å². The van der Waals surface area contributed by atoms with Gasteiger partial charge in [0.1, 0.15) is 5.82 Å². The lowest BCUT2D eigenvalue weighted by Gasteiger charge is -2.36. The van der Waals surface area contributed by atoms with Crippen molar-refractivity contribution in [2.45, 2.75) is 20.4 Å². The van der Waals surface area contributed by atoms with Crippen molar-refractivity contribution in [1.29, 1.82) is 0 Å². The van der Waals surface area contributed by atoms with E-state index in [0.29, 0.717) is 43.1 Å². The molecule has 0 N–H and O–H groups in total. The number of rotatable bonds is 6. The number of carbonyl (C=O) groups is 1. The third kappa shape index (κ3) is 5.65. The summed E-state index contributed by atoms with van der Waals surface area (Å²) in [5, 5.41) is 0. The Kier molecular flexibility index (Phi) is 7.12. The second-order valence-corrected chi connectivity index (χ2v) is 10.9. The van der Waals surface area contributed by atoms with Crippen molar-refractivity contribution < 1.29 is 17.6 Å². The average molecular weight is 496 g/mol. The molecule has 3 aromatic carbocycles. The van der Waals surface area contributed by atoms with E-state index >= 15 is 0 Å². The van der Waals surface area contributed by atoms with Crippen LogP contribution >= 0.6 is 0 Å². The molecule has 4 rings (SSSR count). The molecular formula is C27H30FN3O3S. The monoisotopic (exact) mass is 495 g/mol. The van der Waals surface area contributed by atoms with Gasteiger partial charge in [0.15, 0.2) is 0 Å². The van der Waals surface area contributed by atoms with Gasteiger partial charge in [0.05, 0.1) is 24.2 Å². The number of hydrogen-bond donors (Lipinski definition) is 0. The van der Waals surface area contributed by atoms with Crippen LogP contribution in [0.1, 0.15) is 27.0 Å². The molecule has 0 saturated carbocycles. The summed E-state index contributed by atoms with van der Waals surface area (Å²) < 4.78 is 40.5. The highest BCUT2D eigenvalue weighted by Crippen LogP contribution is 2.24. The number of sulfonamides is 1. The van der Waals surface area contributed by atoms with Gasteiger partial charge < -0.3 is 9.80 Å². The maximum absolute atomic E-state index is 14.1. The van der Waals surface area contributed by atoms with Crippen LogP contribution in [0.15, 0.2) is 66.7 Å². The SMILES string of the molecule is Cc1ccc(N(Cc2ccc(C(=O)N3CCN(c4ccccc4F)CC3)cc2)S(C)(=O)=O)cc1C. The molecule has 6 nitrogen and oxygen atoms in total. The van der Waals surface area contributed by atoms with E-state index in [1.807, 2.05) is 43.0 Å². The Balaban J connectivity index is 1.43. The molecule has 1 heterocycles. The molecule has 1 aliphatic rings. The van der Waals surface area contributed by atoms with E-state index in [1.165, 1.54) is 16.6 Å². The first-order valence-electron chi connectivity index (χ1n) is 11.6. The summed E-state index contributed by atoms with van der Waals surface area (Å²) in [6.07, 6.45) is 1.20. The van der Waals surface area contributed by atoms with E-state index in [1.54, 1.807) is 41.3 Å². The zero-order valence-electron chi connectivity index (χ0n) is 20.2. The fourth-order valence-electron chi connectivity index (χ4n) is 4.24. The minimum absolute atomic E-state index is 0.0844. The van der Waals surface area contributed by atoms with Gasteiger partial charge in [-0.3, -0.25) is 9.10 Å². The lowest BCUT2D eigenvalue weighted by Crippen LogP contribution is -2.49. The molecule has 35 heavy (non-hydrogen) atoms. The molecule has 0 radical (unpaired) electrons. The number of nitrogens with zero attached hydrogens (tertiary/aromatic N) is 3. The highest BCUT2D eigenvalue weighted by Gasteiger charge is 2.24. The van der Waals surface area contributed by atoms with Crippen LogP contribution in [0.5, 0.6) is 0 Å². The van der Waals surface area contributed by atoms with E-state index in [2.05, 4.69) is 0 Å². The van der Waals surface area contributed by atoms with Crippen molar-refractivity contribution in [1.82, 2.24) is 4.90 Å².